The van der Waals surface area contributed by atoms with Crippen LogP contribution in [0.1, 0.15) is 82.5 Å². The van der Waals surface area contributed by atoms with Crippen molar-refractivity contribution in [3.8, 4) is 5.75 Å². The topological polar surface area (TPSA) is 90.9 Å². The first kappa shape index (κ1) is 34.8. The summed E-state index contributed by atoms with van der Waals surface area (Å²) in [4.78, 5) is 28.7. The molecule has 0 bridgehead atoms. The van der Waals surface area contributed by atoms with E-state index in [0.717, 1.165) is 60.6 Å². The molecule has 4 aromatic rings. The highest BCUT2D eigenvalue weighted by Gasteiger charge is 2.35. The summed E-state index contributed by atoms with van der Waals surface area (Å²) in [6.45, 7) is 2.12. The summed E-state index contributed by atoms with van der Waals surface area (Å²) < 4.78 is 20.7. The van der Waals surface area contributed by atoms with E-state index in [4.69, 9.17) is 4.74 Å². The van der Waals surface area contributed by atoms with Crippen LogP contribution in [0.5, 0.6) is 5.75 Å². The normalized spacial score (nSPS) is 15.9. The molecule has 1 aliphatic carbocycles. The number of methoxy groups -OCH3 is 1. The Morgan fingerprint density at radius 2 is 1.60 bits per heavy atom. The Labute approximate surface area is 283 Å². The molecule has 4 aromatic carbocycles. The molecule has 252 valence electrons. The molecule has 7 nitrogen and oxygen atoms in total. The highest BCUT2D eigenvalue weighted by Crippen LogP contribution is 2.38. The molecule has 48 heavy (non-hydrogen) atoms. The van der Waals surface area contributed by atoms with Gasteiger partial charge in [-0.05, 0) is 73.2 Å². The number of ether oxygens (including phenoxy) is 1. The molecule has 1 fully saturated rings. The van der Waals surface area contributed by atoms with E-state index in [-0.39, 0.29) is 35.2 Å². The summed E-state index contributed by atoms with van der Waals surface area (Å²) in [5, 5.41) is 18.2. The first-order valence-electron chi connectivity index (χ1n) is 16.7. The zero-order valence-electron chi connectivity index (χ0n) is 28.0. The van der Waals surface area contributed by atoms with Gasteiger partial charge in [-0.3, -0.25) is 9.59 Å². The minimum Gasteiger partial charge on any atom is -0.497 e. The SMILES string of the molecule is COc1cccc(C2(NC[C@@H](O)[C@H](Cc3ccccc3)NC(=O)c3cc(C(=O)N(C)[C@H](C)c4ccccc4)ccc3F)CCCCC2)c1. The summed E-state index contributed by atoms with van der Waals surface area (Å²) >= 11 is 0. The van der Waals surface area contributed by atoms with Crippen LogP contribution in [0.25, 0.3) is 0 Å². The first-order valence-corrected chi connectivity index (χ1v) is 16.7. The lowest BCUT2D eigenvalue weighted by atomic mass is 9.76. The third-order valence-electron chi connectivity index (χ3n) is 9.70. The molecule has 0 heterocycles. The zero-order chi connectivity index (χ0) is 34.1. The molecule has 2 amide bonds. The number of aliphatic hydroxyl groups is 1. The molecule has 0 aromatic heterocycles. The van der Waals surface area contributed by atoms with Crippen molar-refractivity contribution >= 4 is 11.8 Å². The maximum Gasteiger partial charge on any atom is 0.254 e. The number of benzene rings is 4. The summed E-state index contributed by atoms with van der Waals surface area (Å²) in [6, 6.07) is 30.1. The Kier molecular flexibility index (Phi) is 11.6. The molecule has 5 rings (SSSR count). The third kappa shape index (κ3) is 8.30. The number of carbonyl (C=O) groups excluding carboxylic acids is 2. The zero-order valence-corrected chi connectivity index (χ0v) is 28.0. The highest BCUT2D eigenvalue weighted by molar-refractivity contribution is 6.00. The fourth-order valence-corrected chi connectivity index (χ4v) is 6.65. The van der Waals surface area contributed by atoms with Crippen molar-refractivity contribution in [2.45, 2.75) is 69.2 Å². The van der Waals surface area contributed by atoms with Crippen molar-refractivity contribution in [3.63, 3.8) is 0 Å². The second kappa shape index (κ2) is 16.0. The summed E-state index contributed by atoms with van der Waals surface area (Å²) in [6.07, 6.45) is 4.41. The van der Waals surface area contributed by atoms with Crippen LogP contribution in [0, 0.1) is 5.82 Å². The lowest BCUT2D eigenvalue weighted by Crippen LogP contribution is -2.53. The van der Waals surface area contributed by atoms with Crippen LogP contribution < -0.4 is 15.4 Å². The standard InChI is InChI=1S/C40H46FN3O4/c1-28(30-16-9-5-10-17-30)44(2)39(47)31-20-21-35(41)34(25-31)38(46)43-36(24-29-14-7-4-8-15-29)37(45)27-42-40(22-11-6-12-23-40)32-18-13-19-33(26-32)48-3/h4-5,7-10,13-21,25-26,28,36-37,42,45H,6,11-12,22-24,27H2,1-3H3,(H,43,46)/t28-,36+,37-/m1/s1. The molecule has 8 heteroatoms. The lowest BCUT2D eigenvalue weighted by molar-refractivity contribution is 0.0742. The Hall–Kier alpha value is -4.53. The van der Waals surface area contributed by atoms with Gasteiger partial charge in [0.2, 0.25) is 0 Å². The van der Waals surface area contributed by atoms with Crippen molar-refractivity contribution in [2.24, 2.45) is 0 Å². The number of aliphatic hydroxyl groups excluding tert-OH is 1. The number of rotatable bonds is 13. The van der Waals surface area contributed by atoms with Crippen LogP contribution >= 0.6 is 0 Å². The minimum atomic E-state index is -0.996. The van der Waals surface area contributed by atoms with E-state index >= 15 is 4.39 Å². The second-order valence-corrected chi connectivity index (χ2v) is 12.8. The summed E-state index contributed by atoms with van der Waals surface area (Å²) in [5.74, 6) is -0.993. The summed E-state index contributed by atoms with van der Waals surface area (Å²) in [5.41, 5.74) is 2.58. The number of hydrogen-bond donors (Lipinski definition) is 3. The van der Waals surface area contributed by atoms with Gasteiger partial charge in [0.1, 0.15) is 11.6 Å². The van der Waals surface area contributed by atoms with Crippen LogP contribution in [0.15, 0.2) is 103 Å². The van der Waals surface area contributed by atoms with E-state index in [1.807, 2.05) is 85.8 Å². The fourth-order valence-electron chi connectivity index (χ4n) is 6.65. The smallest absolute Gasteiger partial charge is 0.254 e. The summed E-state index contributed by atoms with van der Waals surface area (Å²) in [7, 11) is 3.34. The van der Waals surface area contributed by atoms with Gasteiger partial charge >= 0.3 is 0 Å². The molecule has 0 unspecified atom stereocenters. The van der Waals surface area contributed by atoms with Crippen molar-refractivity contribution in [2.75, 3.05) is 20.7 Å². The van der Waals surface area contributed by atoms with Crippen molar-refractivity contribution in [3.05, 3.63) is 137 Å². The Morgan fingerprint density at radius 1 is 0.917 bits per heavy atom. The van der Waals surface area contributed by atoms with Gasteiger partial charge in [-0.25, -0.2) is 4.39 Å². The number of carbonyl (C=O) groups is 2. The van der Waals surface area contributed by atoms with Gasteiger partial charge in [0.25, 0.3) is 11.8 Å². The average Bonchev–Trinajstić information content (AvgIpc) is 3.14. The number of nitrogens with one attached hydrogen (secondary N) is 2. The molecule has 0 radical (unpaired) electrons. The third-order valence-corrected chi connectivity index (χ3v) is 9.70. The Morgan fingerprint density at radius 3 is 2.29 bits per heavy atom. The number of nitrogens with zero attached hydrogens (tertiary/aromatic N) is 1. The molecule has 1 aliphatic rings. The predicted octanol–water partition coefficient (Wildman–Crippen LogP) is 6.82. The van der Waals surface area contributed by atoms with Gasteiger partial charge in [-0.15, -0.1) is 0 Å². The molecule has 3 atom stereocenters. The molecular weight excluding hydrogens is 605 g/mol. The van der Waals surface area contributed by atoms with E-state index < -0.39 is 23.9 Å². The van der Waals surface area contributed by atoms with Gasteiger partial charge in [-0.1, -0.05) is 92.1 Å². The van der Waals surface area contributed by atoms with Crippen LogP contribution in [0.3, 0.4) is 0 Å². The van der Waals surface area contributed by atoms with Crippen molar-refractivity contribution < 1.29 is 23.8 Å². The Balaban J connectivity index is 1.35. The largest absolute Gasteiger partial charge is 0.497 e. The number of halogens is 1. The van der Waals surface area contributed by atoms with Gasteiger partial charge in [0, 0.05) is 24.7 Å². The van der Waals surface area contributed by atoms with Crippen LogP contribution in [0.4, 0.5) is 4.39 Å². The quantitative estimate of drug-likeness (QED) is 0.148. The van der Waals surface area contributed by atoms with E-state index in [9.17, 15) is 14.7 Å². The molecule has 3 N–H and O–H groups in total. The van der Waals surface area contributed by atoms with E-state index in [0.29, 0.717) is 6.42 Å². The molecular formula is C40H46FN3O4. The number of amides is 2. The van der Waals surface area contributed by atoms with Gasteiger partial charge in [0.05, 0.1) is 30.9 Å². The minimum absolute atomic E-state index is 0.200. The van der Waals surface area contributed by atoms with Crippen molar-refractivity contribution in [1.82, 2.24) is 15.5 Å². The number of hydrogen-bond acceptors (Lipinski definition) is 5. The molecule has 0 saturated heterocycles. The van der Waals surface area contributed by atoms with E-state index in [1.165, 1.54) is 12.1 Å². The Bertz CT molecular complexity index is 1660. The van der Waals surface area contributed by atoms with Gasteiger partial charge in [0.15, 0.2) is 0 Å². The maximum absolute atomic E-state index is 15.2. The van der Waals surface area contributed by atoms with Crippen LogP contribution in [0.2, 0.25) is 0 Å². The first-order chi connectivity index (χ1) is 23.2. The molecule has 1 saturated carbocycles. The second-order valence-electron chi connectivity index (χ2n) is 12.8. The monoisotopic (exact) mass is 651 g/mol. The maximum atomic E-state index is 15.2. The van der Waals surface area contributed by atoms with Crippen LogP contribution in [-0.4, -0.2) is 54.7 Å². The predicted molar refractivity (Wildman–Crippen MR) is 187 cm³/mol. The highest BCUT2D eigenvalue weighted by atomic mass is 19.1. The molecule has 0 aliphatic heterocycles. The van der Waals surface area contributed by atoms with Gasteiger partial charge < -0.3 is 25.4 Å². The lowest BCUT2D eigenvalue weighted by Gasteiger charge is -2.40. The fraction of sp³-hybridized carbons (Fsp3) is 0.350. The van der Waals surface area contributed by atoms with Crippen molar-refractivity contribution in [1.29, 1.82) is 0 Å². The van der Waals surface area contributed by atoms with E-state index in [1.54, 1.807) is 19.1 Å². The van der Waals surface area contributed by atoms with Gasteiger partial charge in [-0.2, -0.15) is 0 Å². The van der Waals surface area contributed by atoms with E-state index in [2.05, 4.69) is 16.7 Å². The average molecular weight is 652 g/mol. The molecule has 0 spiro atoms. The van der Waals surface area contributed by atoms with Crippen LogP contribution in [-0.2, 0) is 12.0 Å².